The average molecular weight is 484 g/mol. The van der Waals surface area contributed by atoms with Crippen molar-refractivity contribution in [1.29, 1.82) is 0 Å². The Morgan fingerprint density at radius 3 is 2.82 bits per heavy atom. The first-order chi connectivity index (χ1) is 16.4. The van der Waals surface area contributed by atoms with Crippen LogP contribution in [0.2, 0.25) is 5.02 Å². The van der Waals surface area contributed by atoms with Gasteiger partial charge in [-0.3, -0.25) is 4.79 Å². The number of carbonyl (C=O) groups excluding carboxylic acids is 1. The number of aliphatic hydroxyl groups excluding tert-OH is 1. The second-order valence-corrected chi connectivity index (χ2v) is 9.41. The number of rotatable bonds is 10. The molecule has 1 aliphatic carbocycles. The predicted octanol–water partition coefficient (Wildman–Crippen LogP) is 4.89. The molecule has 1 amide bonds. The van der Waals surface area contributed by atoms with Gasteiger partial charge in [-0.2, -0.15) is 4.98 Å². The Kier molecular flexibility index (Phi) is 7.24. The molecule has 0 fully saturated rings. The molecule has 0 radical (unpaired) electrons. The Balaban J connectivity index is 1.65. The molecule has 0 aliphatic heterocycles. The fraction of sp³-hybridized carbons (Fsp3) is 0.423. The van der Waals surface area contributed by atoms with E-state index in [2.05, 4.69) is 23.1 Å². The van der Waals surface area contributed by atoms with Crippen molar-refractivity contribution in [2.75, 3.05) is 19.7 Å². The molecule has 1 N–H and O–H groups in total. The van der Waals surface area contributed by atoms with E-state index in [1.807, 2.05) is 38.1 Å². The van der Waals surface area contributed by atoms with Gasteiger partial charge < -0.3 is 19.3 Å². The number of carbonyl (C=O) groups is 1. The molecule has 1 unspecified atom stereocenters. The minimum Gasteiger partial charge on any atom is -0.489 e. The van der Waals surface area contributed by atoms with Crippen molar-refractivity contribution in [3.63, 3.8) is 0 Å². The maximum atomic E-state index is 11.5. The Hall–Kier alpha value is -2.90. The molecule has 180 valence electrons. The van der Waals surface area contributed by atoms with E-state index in [1.165, 1.54) is 11.1 Å². The summed E-state index contributed by atoms with van der Waals surface area (Å²) in [6.07, 6.45) is 3.52. The number of benzene rings is 2. The molecule has 4 rings (SSSR count). The Morgan fingerprint density at radius 2 is 2.15 bits per heavy atom. The van der Waals surface area contributed by atoms with Crippen LogP contribution in [-0.4, -0.2) is 52.4 Å². The van der Waals surface area contributed by atoms with E-state index in [4.69, 9.17) is 20.9 Å². The number of amides is 1. The van der Waals surface area contributed by atoms with E-state index in [0.29, 0.717) is 35.6 Å². The van der Waals surface area contributed by atoms with Gasteiger partial charge in [0.1, 0.15) is 5.75 Å². The van der Waals surface area contributed by atoms with Gasteiger partial charge in [-0.1, -0.05) is 41.9 Å². The van der Waals surface area contributed by atoms with Gasteiger partial charge in [0.2, 0.25) is 12.2 Å². The fourth-order valence-electron chi connectivity index (χ4n) is 4.82. The van der Waals surface area contributed by atoms with Crippen molar-refractivity contribution in [3.05, 3.63) is 52.5 Å². The van der Waals surface area contributed by atoms with Crippen LogP contribution in [0.4, 0.5) is 0 Å². The van der Waals surface area contributed by atoms with Crippen molar-refractivity contribution < 1.29 is 19.2 Å². The highest BCUT2D eigenvalue weighted by Gasteiger charge is 2.40. The first-order valence-corrected chi connectivity index (χ1v) is 12.0. The van der Waals surface area contributed by atoms with Gasteiger partial charge in [-0.05, 0) is 62.4 Å². The van der Waals surface area contributed by atoms with Crippen LogP contribution in [0.3, 0.4) is 0 Å². The molecule has 2 aromatic carbocycles. The molecule has 0 bridgehead atoms. The Bertz CT molecular complexity index is 1160. The molecular formula is C26H30ClN3O4. The van der Waals surface area contributed by atoms with Crippen LogP contribution in [-0.2, 0) is 16.6 Å². The summed E-state index contributed by atoms with van der Waals surface area (Å²) in [5.74, 6) is 1.53. The van der Waals surface area contributed by atoms with E-state index < -0.39 is 0 Å². The Morgan fingerprint density at radius 1 is 1.32 bits per heavy atom. The quantitative estimate of drug-likeness (QED) is 0.413. The van der Waals surface area contributed by atoms with Gasteiger partial charge in [-0.15, -0.1) is 0 Å². The van der Waals surface area contributed by atoms with E-state index in [1.54, 1.807) is 11.0 Å². The first kappa shape index (κ1) is 24.2. The van der Waals surface area contributed by atoms with Gasteiger partial charge in [-0.25, -0.2) is 0 Å². The standard InChI is InChI=1S/C26H30ClN3O4/c1-4-26(15-30(16-32)12-13-31)11-10-19-20(6-5-7-21(19)26)24-28-25(34-29-24)18-8-9-23(22(27)14-18)33-17(2)3/h5-9,14,16-17,31H,4,10-13,15H2,1-3H3. The first-order valence-electron chi connectivity index (χ1n) is 11.6. The summed E-state index contributed by atoms with van der Waals surface area (Å²) in [5.41, 5.74) is 3.90. The summed E-state index contributed by atoms with van der Waals surface area (Å²) < 4.78 is 11.3. The van der Waals surface area contributed by atoms with Crippen LogP contribution < -0.4 is 4.74 Å². The lowest BCUT2D eigenvalue weighted by Crippen LogP contribution is -2.40. The third-order valence-corrected chi connectivity index (χ3v) is 6.82. The fourth-order valence-corrected chi connectivity index (χ4v) is 5.05. The highest BCUT2D eigenvalue weighted by Crippen LogP contribution is 2.45. The van der Waals surface area contributed by atoms with Gasteiger partial charge in [0.25, 0.3) is 5.89 Å². The molecule has 0 saturated heterocycles. The summed E-state index contributed by atoms with van der Waals surface area (Å²) in [5, 5.41) is 14.1. The molecule has 0 spiro atoms. The third kappa shape index (κ3) is 4.68. The zero-order valence-corrected chi connectivity index (χ0v) is 20.5. The van der Waals surface area contributed by atoms with E-state index >= 15 is 0 Å². The number of ether oxygens (including phenoxy) is 1. The number of nitrogens with zero attached hydrogens (tertiary/aromatic N) is 3. The number of hydrogen-bond acceptors (Lipinski definition) is 6. The maximum Gasteiger partial charge on any atom is 0.258 e. The van der Waals surface area contributed by atoms with Gasteiger partial charge >= 0.3 is 0 Å². The second kappa shape index (κ2) is 10.2. The highest BCUT2D eigenvalue weighted by molar-refractivity contribution is 6.32. The van der Waals surface area contributed by atoms with Crippen LogP contribution in [0, 0.1) is 0 Å². The molecule has 7 nitrogen and oxygen atoms in total. The van der Waals surface area contributed by atoms with Crippen LogP contribution in [0.25, 0.3) is 22.8 Å². The molecular weight excluding hydrogens is 454 g/mol. The van der Waals surface area contributed by atoms with Crippen LogP contribution in [0.15, 0.2) is 40.9 Å². The van der Waals surface area contributed by atoms with Crippen molar-refractivity contribution >= 4 is 18.0 Å². The normalized spacial score (nSPS) is 17.1. The number of aromatic nitrogens is 2. The Labute approximate surface area is 204 Å². The SMILES string of the molecule is CCC1(CN(C=O)CCO)CCc2c(-c3noc(-c4ccc(OC(C)C)c(Cl)c4)n3)cccc21. The van der Waals surface area contributed by atoms with E-state index in [0.717, 1.165) is 36.8 Å². The monoisotopic (exact) mass is 483 g/mol. The molecule has 3 aromatic rings. The number of hydrogen-bond donors (Lipinski definition) is 1. The second-order valence-electron chi connectivity index (χ2n) is 9.00. The zero-order valence-electron chi connectivity index (χ0n) is 19.8. The van der Waals surface area contributed by atoms with Crippen LogP contribution in [0.5, 0.6) is 5.75 Å². The minimum atomic E-state index is -0.159. The number of aliphatic hydroxyl groups is 1. The summed E-state index contributed by atoms with van der Waals surface area (Å²) in [6.45, 7) is 6.90. The third-order valence-electron chi connectivity index (χ3n) is 6.53. The molecule has 1 aromatic heterocycles. The van der Waals surface area contributed by atoms with Gasteiger partial charge in [0.15, 0.2) is 0 Å². The van der Waals surface area contributed by atoms with E-state index in [-0.39, 0.29) is 18.1 Å². The van der Waals surface area contributed by atoms with Crippen LogP contribution >= 0.6 is 11.6 Å². The van der Waals surface area contributed by atoms with Crippen molar-refractivity contribution in [1.82, 2.24) is 15.0 Å². The van der Waals surface area contributed by atoms with Gasteiger partial charge in [0, 0.05) is 29.6 Å². The largest absolute Gasteiger partial charge is 0.489 e. The maximum absolute atomic E-state index is 11.5. The number of halogens is 1. The van der Waals surface area contributed by atoms with Crippen molar-refractivity contribution in [3.8, 4) is 28.6 Å². The predicted molar refractivity (Wildman–Crippen MR) is 131 cm³/mol. The van der Waals surface area contributed by atoms with Crippen LogP contribution in [0.1, 0.15) is 44.7 Å². The molecule has 0 saturated carbocycles. The summed E-state index contributed by atoms with van der Waals surface area (Å²) in [6, 6.07) is 11.6. The lowest BCUT2D eigenvalue weighted by Gasteiger charge is -2.34. The highest BCUT2D eigenvalue weighted by atomic mass is 35.5. The topological polar surface area (TPSA) is 88.7 Å². The molecule has 1 atom stereocenters. The summed E-state index contributed by atoms with van der Waals surface area (Å²) >= 11 is 6.39. The average Bonchev–Trinajstić information content (AvgIpc) is 3.46. The minimum absolute atomic E-state index is 0.0241. The van der Waals surface area contributed by atoms with Gasteiger partial charge in [0.05, 0.1) is 17.7 Å². The van der Waals surface area contributed by atoms with Crippen molar-refractivity contribution in [2.45, 2.75) is 51.6 Å². The molecule has 1 aliphatic rings. The summed E-state index contributed by atoms with van der Waals surface area (Å²) in [7, 11) is 0. The van der Waals surface area contributed by atoms with E-state index in [9.17, 15) is 9.90 Å². The lowest BCUT2D eigenvalue weighted by atomic mass is 9.78. The van der Waals surface area contributed by atoms with Crippen molar-refractivity contribution in [2.24, 2.45) is 0 Å². The number of fused-ring (bicyclic) bond motifs is 1. The molecule has 1 heterocycles. The smallest absolute Gasteiger partial charge is 0.258 e. The molecule has 34 heavy (non-hydrogen) atoms. The molecule has 8 heteroatoms. The summed E-state index contributed by atoms with van der Waals surface area (Å²) in [4.78, 5) is 17.9. The zero-order chi connectivity index (χ0) is 24.3. The lowest BCUT2D eigenvalue weighted by molar-refractivity contribution is -0.119.